The van der Waals surface area contributed by atoms with Gasteiger partial charge in [-0.3, -0.25) is 0 Å². The van der Waals surface area contributed by atoms with Gasteiger partial charge in [0.1, 0.15) is 12.2 Å². The van der Waals surface area contributed by atoms with E-state index in [0.717, 1.165) is 110 Å². The number of carbonyl (C=O) groups is 2. The van der Waals surface area contributed by atoms with Crippen molar-refractivity contribution in [2.24, 2.45) is 110 Å². The van der Waals surface area contributed by atoms with Crippen LogP contribution in [0, 0.1) is 92.7 Å². The first-order valence-corrected chi connectivity index (χ1v) is 31.0. The minimum Gasteiger partial charge on any atom is -0.450 e. The molecule has 0 saturated heterocycles. The van der Waals surface area contributed by atoms with Crippen LogP contribution < -0.4 is 22.5 Å². The summed E-state index contributed by atoms with van der Waals surface area (Å²) in [6.45, 7) is 27.1. The van der Waals surface area contributed by atoms with Crippen molar-refractivity contribution in [2.75, 3.05) is 31.5 Å². The summed E-state index contributed by atoms with van der Waals surface area (Å²) in [7, 11) is 0. The fourth-order valence-corrected chi connectivity index (χ4v) is 18.1. The van der Waals surface area contributed by atoms with Crippen LogP contribution >= 0.6 is 34.8 Å². The van der Waals surface area contributed by atoms with Crippen LogP contribution in [0.3, 0.4) is 0 Å². The van der Waals surface area contributed by atoms with Gasteiger partial charge in [0.2, 0.25) is 0 Å². The molecule has 11 heteroatoms. The van der Waals surface area contributed by atoms with Crippen molar-refractivity contribution in [3.63, 3.8) is 0 Å². The van der Waals surface area contributed by atoms with Gasteiger partial charge in [-0.05, 0) is 183 Å². The average molecular weight is 1070 g/mol. The van der Waals surface area contributed by atoms with Gasteiger partial charge >= 0.3 is 11.5 Å². The first kappa shape index (κ1) is 61.8. The summed E-state index contributed by atoms with van der Waals surface area (Å²) in [6.07, 6.45) is 33.2. The number of carbonyl (C=O) groups excluding carboxylic acids is 2. The molecule has 0 unspecified atom stereocenters. The number of fused-ring (bicyclic) bond motifs is 10. The molecule has 8 aliphatic carbocycles. The summed E-state index contributed by atoms with van der Waals surface area (Å²) in [5.41, 5.74) is 19.5. The number of alkyl halides is 2. The first-order chi connectivity index (χ1) is 34.2. The molecule has 0 heterocycles. The van der Waals surface area contributed by atoms with Crippen molar-refractivity contribution in [3.05, 3.63) is 23.3 Å². The SMILES string of the molecule is CC(C)CCC[C@@H](C)[C@H]1CC[C@H]2[C@@H]3CC=C4C[C@@H](OC(=O)Cl)CC[C@]4(C)[C@H]3CC[C@]12C.CC(C)CCC[C@@H](C)[C@H]1CC[C@H]2[C@@H]3CC=C4C[C@@H](OC(=O)NCCN)CC[C@]4(C)[C@H]3CC[C@]12C.ClCCl.NCCN. The highest BCUT2D eigenvalue weighted by atomic mass is 35.5. The fourth-order valence-electron chi connectivity index (χ4n) is 18.0. The predicted molar refractivity (Wildman–Crippen MR) is 304 cm³/mol. The Balaban J connectivity index is 0.000000238. The van der Waals surface area contributed by atoms with Gasteiger partial charge in [0.05, 0.1) is 5.34 Å². The number of hydrogen-bond donors (Lipinski definition) is 4. The van der Waals surface area contributed by atoms with Gasteiger partial charge < -0.3 is 32.0 Å². The lowest BCUT2D eigenvalue weighted by Gasteiger charge is -2.58. The second-order valence-electron chi connectivity index (χ2n) is 26.5. The van der Waals surface area contributed by atoms with Gasteiger partial charge in [0, 0.05) is 50.6 Å². The molecule has 0 radical (unpaired) electrons. The number of rotatable bonds is 15. The maximum Gasteiger partial charge on any atom is 0.407 e. The van der Waals surface area contributed by atoms with Gasteiger partial charge in [0.15, 0.2) is 0 Å². The van der Waals surface area contributed by atoms with Crippen molar-refractivity contribution in [1.29, 1.82) is 0 Å². The molecule has 1 amide bonds. The minimum absolute atomic E-state index is 0.0164. The molecule has 72 heavy (non-hydrogen) atoms. The van der Waals surface area contributed by atoms with Gasteiger partial charge in [-0.25, -0.2) is 9.59 Å². The molecule has 0 spiro atoms. The molecule has 0 bridgehead atoms. The molecule has 8 rings (SSSR count). The molecule has 416 valence electrons. The Kier molecular flexibility index (Phi) is 24.1. The van der Waals surface area contributed by atoms with Crippen LogP contribution in [0.4, 0.5) is 9.59 Å². The predicted octanol–water partition coefficient (Wildman–Crippen LogP) is 16.2. The van der Waals surface area contributed by atoms with Crippen molar-refractivity contribution in [3.8, 4) is 0 Å². The standard InChI is InChI=1S/C30H52N2O2.C28H45ClO2.C2H8N2.CH2Cl2/c1-20(2)7-6-8-21(3)25-11-12-26-24-10-9-22-19-23(34-28(33)32-18-17-31)13-15-29(22,4)27(24)14-16-30(25,26)5;1-18(2)7-6-8-19(3)23-11-12-24-22-10-9-20-17-21(31-26(29)30)13-15-27(20,4)25(22)14-16-28(23,24)5;3-1-2-4;2-1-3/h9,20-21,23-27H,6-8,10-19,31H2,1-5H3,(H,32,33);9,18-19,21-25H,6-8,10-17H2,1-5H3;1-4H2;1H2/t21-,23+,24+,25-,26+,27+,29+,30-;19-,21+,22+,23-,24+,25+,27+,28-;;/m11../s1. The van der Waals surface area contributed by atoms with Crippen molar-refractivity contribution in [1.82, 2.24) is 5.32 Å². The Hall–Kier alpha value is -1.03. The maximum atomic E-state index is 12.1. The number of nitrogens with two attached hydrogens (primary N) is 3. The third-order valence-corrected chi connectivity index (χ3v) is 21.7. The van der Waals surface area contributed by atoms with Crippen LogP contribution in [0.25, 0.3) is 0 Å². The number of allylic oxidation sites excluding steroid dienone is 2. The van der Waals surface area contributed by atoms with Gasteiger partial charge in [-0.1, -0.05) is 131 Å². The lowest BCUT2D eigenvalue weighted by atomic mass is 9.47. The quantitative estimate of drug-likeness (QED) is 0.0727. The highest BCUT2D eigenvalue weighted by Gasteiger charge is 2.61. The lowest BCUT2D eigenvalue weighted by molar-refractivity contribution is -0.0581. The van der Waals surface area contributed by atoms with Crippen LogP contribution in [0.15, 0.2) is 23.3 Å². The zero-order valence-electron chi connectivity index (χ0n) is 47.3. The Morgan fingerprint density at radius 2 is 1.01 bits per heavy atom. The summed E-state index contributed by atoms with van der Waals surface area (Å²) in [6, 6.07) is 0. The fraction of sp³-hybridized carbons (Fsp3) is 0.902. The number of nitrogens with one attached hydrogen (secondary N) is 1. The van der Waals surface area contributed by atoms with Crippen molar-refractivity contribution >= 4 is 46.3 Å². The molecule has 0 aliphatic heterocycles. The van der Waals surface area contributed by atoms with Crippen LogP contribution in [0.2, 0.25) is 0 Å². The van der Waals surface area contributed by atoms with Crippen LogP contribution in [-0.4, -0.2) is 55.2 Å². The smallest absolute Gasteiger partial charge is 0.407 e. The minimum atomic E-state index is -0.643. The van der Waals surface area contributed by atoms with E-state index < -0.39 is 5.43 Å². The van der Waals surface area contributed by atoms with E-state index in [1.807, 2.05) is 0 Å². The molecule has 7 N–H and O–H groups in total. The first-order valence-electron chi connectivity index (χ1n) is 29.6. The summed E-state index contributed by atoms with van der Waals surface area (Å²) in [4.78, 5) is 23.3. The monoisotopic (exact) mass is 1060 g/mol. The molecule has 8 nitrogen and oxygen atoms in total. The van der Waals surface area contributed by atoms with Gasteiger partial charge in [-0.15, -0.1) is 23.2 Å². The molecule has 8 aliphatic rings. The van der Waals surface area contributed by atoms with E-state index in [0.29, 0.717) is 47.8 Å². The Bertz CT molecular complexity index is 1760. The third-order valence-electron chi connectivity index (χ3n) is 21.6. The Labute approximate surface area is 455 Å². The van der Waals surface area contributed by atoms with E-state index in [9.17, 15) is 9.59 Å². The van der Waals surface area contributed by atoms with Crippen LogP contribution in [-0.2, 0) is 9.47 Å². The lowest BCUT2D eigenvalue weighted by Crippen LogP contribution is -2.51. The van der Waals surface area contributed by atoms with Crippen molar-refractivity contribution in [2.45, 2.75) is 223 Å². The summed E-state index contributed by atoms with van der Waals surface area (Å²) >= 11 is 15.0. The molecule has 0 aromatic rings. The second-order valence-corrected chi connectivity index (χ2v) is 27.6. The highest BCUT2D eigenvalue weighted by molar-refractivity contribution is 6.61. The molecule has 16 atom stereocenters. The van der Waals surface area contributed by atoms with Crippen LogP contribution in [0.5, 0.6) is 0 Å². The van der Waals surface area contributed by atoms with E-state index in [-0.39, 0.29) is 23.6 Å². The number of alkyl carbamates (subject to hydrolysis) is 1. The normalized spacial score (nSPS) is 38.1. The molecule has 6 fully saturated rings. The summed E-state index contributed by atoms with van der Waals surface area (Å²) in [5, 5.41) is 2.96. The largest absolute Gasteiger partial charge is 0.450 e. The van der Waals surface area contributed by atoms with E-state index in [2.05, 4.69) is 86.7 Å². The number of ether oxygens (including phenoxy) is 2. The topological polar surface area (TPSA) is 143 Å². The zero-order valence-corrected chi connectivity index (χ0v) is 49.6. The van der Waals surface area contributed by atoms with Gasteiger partial charge in [0.25, 0.3) is 0 Å². The number of hydrogen-bond acceptors (Lipinski definition) is 7. The molecule has 6 saturated carbocycles. The van der Waals surface area contributed by atoms with E-state index >= 15 is 0 Å². The number of amides is 1. The molecule has 0 aromatic heterocycles. The Morgan fingerprint density at radius 1 is 0.597 bits per heavy atom. The maximum absolute atomic E-state index is 12.1. The number of halogens is 3. The van der Waals surface area contributed by atoms with E-state index in [1.165, 1.54) is 103 Å². The van der Waals surface area contributed by atoms with E-state index in [1.54, 1.807) is 11.1 Å². The highest BCUT2D eigenvalue weighted by Crippen LogP contribution is 2.69. The third kappa shape index (κ3) is 14.6. The molecule has 0 aromatic carbocycles. The summed E-state index contributed by atoms with van der Waals surface area (Å²) < 4.78 is 11.1. The Morgan fingerprint density at radius 3 is 1.39 bits per heavy atom. The molecular formula is C61H107Cl3N4O4. The molecular weight excluding hydrogens is 959 g/mol. The van der Waals surface area contributed by atoms with Gasteiger partial charge in [-0.2, -0.15) is 0 Å². The summed E-state index contributed by atoms with van der Waals surface area (Å²) in [5.74, 6) is 10.4. The van der Waals surface area contributed by atoms with Crippen LogP contribution in [0.1, 0.15) is 210 Å². The average Bonchev–Trinajstić information content (AvgIpc) is 3.88. The zero-order chi connectivity index (χ0) is 53.0. The van der Waals surface area contributed by atoms with E-state index in [4.69, 9.17) is 61.5 Å². The van der Waals surface area contributed by atoms with Crippen molar-refractivity contribution < 1.29 is 19.1 Å². The second kappa shape index (κ2) is 28.0.